The molecule has 0 bridgehead atoms. The summed E-state index contributed by atoms with van der Waals surface area (Å²) in [5.74, 6) is -0.963. The van der Waals surface area contributed by atoms with Crippen LogP contribution in [0.3, 0.4) is 0 Å². The van der Waals surface area contributed by atoms with Gasteiger partial charge >= 0.3 is 0 Å². The SMILES string of the molecule is [CH2]C(=O)NNC(=S)Nc1ccccc1F. The zero-order valence-corrected chi connectivity index (χ0v) is 8.53. The molecule has 0 fully saturated rings. The van der Waals surface area contributed by atoms with Crippen LogP contribution >= 0.6 is 12.2 Å². The smallest absolute Gasteiger partial charge is 0.238 e. The summed E-state index contributed by atoms with van der Waals surface area (Å²) in [5.41, 5.74) is 4.74. The van der Waals surface area contributed by atoms with Gasteiger partial charge in [0.25, 0.3) is 0 Å². The van der Waals surface area contributed by atoms with Crippen molar-refractivity contribution >= 4 is 28.9 Å². The summed E-state index contributed by atoms with van der Waals surface area (Å²) in [6, 6.07) is 6.04. The van der Waals surface area contributed by atoms with Crippen molar-refractivity contribution in [3.63, 3.8) is 0 Å². The molecule has 0 unspecified atom stereocenters. The molecule has 0 aliphatic heterocycles. The second-order valence-corrected chi connectivity index (χ2v) is 3.02. The van der Waals surface area contributed by atoms with Crippen molar-refractivity contribution in [2.24, 2.45) is 0 Å². The van der Waals surface area contributed by atoms with Gasteiger partial charge in [-0.3, -0.25) is 15.6 Å². The van der Waals surface area contributed by atoms with E-state index in [4.69, 9.17) is 12.2 Å². The number of para-hydroxylation sites is 1. The first-order valence-corrected chi connectivity index (χ1v) is 4.44. The van der Waals surface area contributed by atoms with Gasteiger partial charge in [0.15, 0.2) is 5.11 Å². The fraction of sp³-hybridized carbons (Fsp3) is 0. The van der Waals surface area contributed by atoms with Crippen LogP contribution in [0.5, 0.6) is 0 Å². The van der Waals surface area contributed by atoms with Crippen LogP contribution in [0.1, 0.15) is 0 Å². The van der Waals surface area contributed by atoms with Gasteiger partial charge in [-0.25, -0.2) is 4.39 Å². The highest BCUT2D eigenvalue weighted by Gasteiger charge is 2.02. The summed E-state index contributed by atoms with van der Waals surface area (Å²) in [5, 5.41) is 2.65. The highest BCUT2D eigenvalue weighted by atomic mass is 32.1. The van der Waals surface area contributed by atoms with E-state index in [2.05, 4.69) is 23.1 Å². The molecular weight excluding hydrogens is 217 g/mol. The Morgan fingerprint density at radius 3 is 2.60 bits per heavy atom. The number of amides is 1. The van der Waals surface area contributed by atoms with Crippen LogP contribution in [0, 0.1) is 12.7 Å². The van der Waals surface area contributed by atoms with Gasteiger partial charge in [0.2, 0.25) is 5.91 Å². The van der Waals surface area contributed by atoms with Gasteiger partial charge < -0.3 is 5.32 Å². The van der Waals surface area contributed by atoms with E-state index in [0.717, 1.165) is 0 Å². The number of rotatable bonds is 1. The maximum Gasteiger partial charge on any atom is 0.238 e. The third-order valence-electron chi connectivity index (χ3n) is 1.44. The number of hydrogen-bond donors (Lipinski definition) is 3. The van der Waals surface area contributed by atoms with E-state index in [1.165, 1.54) is 12.1 Å². The van der Waals surface area contributed by atoms with Crippen molar-refractivity contribution < 1.29 is 9.18 Å². The number of hydrazine groups is 1. The first kappa shape index (κ1) is 11.4. The number of halogens is 1. The molecule has 0 aliphatic rings. The first-order valence-electron chi connectivity index (χ1n) is 4.03. The Labute approximate surface area is 91.8 Å². The number of nitrogens with one attached hydrogen (secondary N) is 3. The molecule has 0 saturated heterocycles. The van der Waals surface area contributed by atoms with Gasteiger partial charge in [0.05, 0.1) is 5.69 Å². The Balaban J connectivity index is 2.52. The average molecular weight is 226 g/mol. The van der Waals surface area contributed by atoms with Crippen LogP contribution in [-0.4, -0.2) is 11.0 Å². The molecule has 0 spiro atoms. The number of hydrogen-bond acceptors (Lipinski definition) is 2. The second-order valence-electron chi connectivity index (χ2n) is 2.61. The second kappa shape index (κ2) is 5.26. The van der Waals surface area contributed by atoms with Crippen LogP contribution in [0.25, 0.3) is 0 Å². The zero-order valence-electron chi connectivity index (χ0n) is 7.71. The maximum atomic E-state index is 13.1. The minimum Gasteiger partial charge on any atom is -0.329 e. The van der Waals surface area contributed by atoms with E-state index in [-0.39, 0.29) is 10.8 Å². The topological polar surface area (TPSA) is 53.2 Å². The number of benzene rings is 1. The van der Waals surface area contributed by atoms with E-state index in [1.54, 1.807) is 12.1 Å². The van der Waals surface area contributed by atoms with Crippen molar-refractivity contribution in [2.75, 3.05) is 5.32 Å². The van der Waals surface area contributed by atoms with Gasteiger partial charge in [-0.1, -0.05) is 12.1 Å². The van der Waals surface area contributed by atoms with E-state index < -0.39 is 11.7 Å². The van der Waals surface area contributed by atoms with Crippen molar-refractivity contribution in [1.82, 2.24) is 10.9 Å². The first-order chi connectivity index (χ1) is 7.09. The van der Waals surface area contributed by atoms with E-state index >= 15 is 0 Å². The van der Waals surface area contributed by atoms with Crippen LogP contribution < -0.4 is 16.2 Å². The quantitative estimate of drug-likeness (QED) is 0.493. The standard InChI is InChI=1S/C9H9FN3OS/c1-6(14)12-13-9(15)11-8-5-3-2-4-7(8)10/h2-5H,1H2,(H,12,14)(H2,11,13,15). The number of carbonyl (C=O) groups excluding carboxylic acids is 1. The third kappa shape index (κ3) is 3.90. The largest absolute Gasteiger partial charge is 0.329 e. The molecule has 6 heteroatoms. The highest BCUT2D eigenvalue weighted by Crippen LogP contribution is 2.11. The van der Waals surface area contributed by atoms with Gasteiger partial charge in [-0.15, -0.1) is 0 Å². The van der Waals surface area contributed by atoms with Crippen LogP contribution in [0.15, 0.2) is 24.3 Å². The Morgan fingerprint density at radius 1 is 1.33 bits per heavy atom. The molecule has 15 heavy (non-hydrogen) atoms. The summed E-state index contributed by atoms with van der Waals surface area (Å²) in [6.45, 7) is 3.06. The maximum absolute atomic E-state index is 13.1. The molecule has 1 aromatic rings. The van der Waals surface area contributed by atoms with Gasteiger partial charge in [0.1, 0.15) is 5.82 Å². The molecule has 1 amide bonds. The molecule has 0 aromatic heterocycles. The molecule has 1 rings (SSSR count). The Morgan fingerprint density at radius 2 is 2.00 bits per heavy atom. The van der Waals surface area contributed by atoms with E-state index in [9.17, 15) is 9.18 Å². The summed E-state index contributed by atoms with van der Waals surface area (Å²) >= 11 is 4.78. The normalized spacial score (nSPS) is 9.20. The molecular formula is C9H9FN3OS. The molecule has 1 radical (unpaired) electrons. The predicted molar refractivity (Wildman–Crippen MR) is 59.3 cm³/mol. The third-order valence-corrected chi connectivity index (χ3v) is 1.64. The summed E-state index contributed by atoms with van der Waals surface area (Å²) < 4.78 is 13.1. The van der Waals surface area contributed by atoms with Gasteiger partial charge in [-0.2, -0.15) is 0 Å². The highest BCUT2D eigenvalue weighted by molar-refractivity contribution is 7.80. The van der Waals surface area contributed by atoms with Gasteiger partial charge in [-0.05, 0) is 24.4 Å². The number of carbonyl (C=O) groups is 1. The lowest BCUT2D eigenvalue weighted by Gasteiger charge is -2.10. The molecule has 0 saturated carbocycles. The number of anilines is 1. The minimum absolute atomic E-state index is 0.0806. The van der Waals surface area contributed by atoms with Crippen LogP contribution in [-0.2, 0) is 4.79 Å². The molecule has 1 aromatic carbocycles. The Bertz CT molecular complexity index is 383. The molecule has 0 aliphatic carbocycles. The fourth-order valence-corrected chi connectivity index (χ4v) is 1.00. The lowest BCUT2D eigenvalue weighted by Crippen LogP contribution is -2.42. The average Bonchev–Trinajstić information content (AvgIpc) is 2.18. The molecule has 79 valence electrons. The van der Waals surface area contributed by atoms with Crippen molar-refractivity contribution in [3.8, 4) is 0 Å². The van der Waals surface area contributed by atoms with Crippen molar-refractivity contribution in [2.45, 2.75) is 0 Å². The minimum atomic E-state index is -0.535. The van der Waals surface area contributed by atoms with E-state index in [0.29, 0.717) is 0 Å². The molecule has 3 N–H and O–H groups in total. The lowest BCUT2D eigenvalue weighted by molar-refractivity contribution is -0.117. The fourth-order valence-electron chi connectivity index (χ4n) is 0.843. The summed E-state index contributed by atoms with van der Waals surface area (Å²) in [7, 11) is 0. The predicted octanol–water partition coefficient (Wildman–Crippen LogP) is 0.977. The lowest BCUT2D eigenvalue weighted by atomic mass is 10.3. The Kier molecular flexibility index (Phi) is 3.99. The summed E-state index contributed by atoms with van der Waals surface area (Å²) in [6.07, 6.45) is 0. The monoisotopic (exact) mass is 226 g/mol. The number of thiocarbonyl (C=S) groups is 1. The van der Waals surface area contributed by atoms with Crippen molar-refractivity contribution in [1.29, 1.82) is 0 Å². The summed E-state index contributed by atoms with van der Waals surface area (Å²) in [4.78, 5) is 10.4. The van der Waals surface area contributed by atoms with Crippen LogP contribution in [0.4, 0.5) is 10.1 Å². The van der Waals surface area contributed by atoms with Crippen LogP contribution in [0.2, 0.25) is 0 Å². The van der Waals surface area contributed by atoms with E-state index in [1.807, 2.05) is 0 Å². The molecule has 0 heterocycles. The zero-order chi connectivity index (χ0) is 11.3. The Hall–Kier alpha value is -1.69. The molecule has 0 atom stereocenters. The van der Waals surface area contributed by atoms with Crippen molar-refractivity contribution in [3.05, 3.63) is 37.0 Å². The van der Waals surface area contributed by atoms with Gasteiger partial charge in [0, 0.05) is 6.92 Å². The molecule has 4 nitrogen and oxygen atoms in total.